The molecule has 0 fully saturated rings. The van der Waals surface area contributed by atoms with Gasteiger partial charge in [0.2, 0.25) is 0 Å². The Balaban J connectivity index is 1.67. The van der Waals surface area contributed by atoms with Crippen LogP contribution in [0.1, 0.15) is 20.7 Å². The highest BCUT2D eigenvalue weighted by Gasteiger charge is 2.14. The highest BCUT2D eigenvalue weighted by atomic mass is 79.9. The Labute approximate surface area is 167 Å². The Bertz CT molecular complexity index is 874. The zero-order valence-electron chi connectivity index (χ0n) is 13.3. The van der Waals surface area contributed by atoms with E-state index in [2.05, 4.69) is 31.9 Å². The lowest BCUT2D eigenvalue weighted by Gasteiger charge is -2.08. The Kier molecular flexibility index (Phi) is 5.85. The molecule has 0 N–H and O–H groups in total. The number of ether oxygens (including phenoxy) is 2. The first-order valence-electron chi connectivity index (χ1n) is 7.58. The van der Waals surface area contributed by atoms with Crippen molar-refractivity contribution in [2.24, 2.45) is 0 Å². The molecule has 26 heavy (non-hydrogen) atoms. The van der Waals surface area contributed by atoms with Gasteiger partial charge in [0.15, 0.2) is 0 Å². The van der Waals surface area contributed by atoms with E-state index in [0.717, 1.165) is 0 Å². The second kappa shape index (κ2) is 8.29. The largest absolute Gasteiger partial charge is 0.423 e. The van der Waals surface area contributed by atoms with Crippen LogP contribution in [0.4, 0.5) is 0 Å². The number of halogens is 2. The highest BCUT2D eigenvalue weighted by Crippen LogP contribution is 2.23. The lowest BCUT2D eigenvalue weighted by molar-refractivity contribution is 0.0718. The minimum absolute atomic E-state index is 0.353. The summed E-state index contributed by atoms with van der Waals surface area (Å²) in [6.07, 6.45) is 0. The van der Waals surface area contributed by atoms with E-state index in [1.807, 2.05) is 12.1 Å². The predicted octanol–water partition coefficient (Wildman–Crippen LogP) is 5.65. The number of esters is 2. The Morgan fingerprint density at radius 3 is 1.27 bits per heavy atom. The van der Waals surface area contributed by atoms with Crippen LogP contribution in [0, 0.1) is 0 Å². The fraction of sp³-hybridized carbons (Fsp3) is 0. The Morgan fingerprint density at radius 2 is 0.923 bits per heavy atom. The van der Waals surface area contributed by atoms with E-state index in [1.54, 1.807) is 60.7 Å². The van der Waals surface area contributed by atoms with Gasteiger partial charge < -0.3 is 9.47 Å². The average molecular weight is 476 g/mol. The summed E-state index contributed by atoms with van der Waals surface area (Å²) in [5.41, 5.74) is 0.855. The van der Waals surface area contributed by atoms with Crippen molar-refractivity contribution >= 4 is 43.8 Å². The van der Waals surface area contributed by atoms with E-state index in [1.165, 1.54) is 0 Å². The molecule has 0 radical (unpaired) electrons. The molecule has 3 aromatic rings. The van der Waals surface area contributed by atoms with Gasteiger partial charge in [0.1, 0.15) is 11.5 Å². The molecule has 6 heteroatoms. The standard InChI is InChI=1S/C20H12Br2O4/c21-17-7-3-1-5-15(17)19(23)25-13-9-11-14(12-10-13)26-20(24)16-6-2-4-8-18(16)22/h1-12H. The van der Waals surface area contributed by atoms with Crippen LogP contribution in [-0.4, -0.2) is 11.9 Å². The first-order valence-corrected chi connectivity index (χ1v) is 9.16. The zero-order valence-corrected chi connectivity index (χ0v) is 16.5. The van der Waals surface area contributed by atoms with Crippen LogP contribution in [0.15, 0.2) is 81.7 Å². The lowest BCUT2D eigenvalue weighted by atomic mass is 10.2. The number of rotatable bonds is 4. The van der Waals surface area contributed by atoms with Gasteiger partial charge in [-0.15, -0.1) is 0 Å². The summed E-state index contributed by atoms with van der Waals surface area (Å²) in [4.78, 5) is 24.4. The number of carbonyl (C=O) groups is 2. The van der Waals surface area contributed by atoms with Crippen LogP contribution < -0.4 is 9.47 Å². The second-order valence-corrected chi connectivity index (χ2v) is 6.92. The maximum absolute atomic E-state index is 12.2. The monoisotopic (exact) mass is 474 g/mol. The van der Waals surface area contributed by atoms with Gasteiger partial charge in [0.05, 0.1) is 11.1 Å². The molecule has 0 saturated heterocycles. The summed E-state index contributed by atoms with van der Waals surface area (Å²) < 4.78 is 12.0. The van der Waals surface area contributed by atoms with Crippen molar-refractivity contribution in [3.63, 3.8) is 0 Å². The molecule has 0 bridgehead atoms. The lowest BCUT2D eigenvalue weighted by Crippen LogP contribution is -2.10. The van der Waals surface area contributed by atoms with Crippen LogP contribution in [0.3, 0.4) is 0 Å². The average Bonchev–Trinajstić information content (AvgIpc) is 2.64. The smallest absolute Gasteiger partial charge is 0.344 e. The van der Waals surface area contributed by atoms with Crippen molar-refractivity contribution in [2.45, 2.75) is 0 Å². The van der Waals surface area contributed by atoms with Gasteiger partial charge in [0.25, 0.3) is 0 Å². The predicted molar refractivity (Wildman–Crippen MR) is 105 cm³/mol. The van der Waals surface area contributed by atoms with Crippen molar-refractivity contribution in [2.75, 3.05) is 0 Å². The van der Waals surface area contributed by atoms with Gasteiger partial charge in [-0.1, -0.05) is 24.3 Å². The molecule has 4 nitrogen and oxygen atoms in total. The first kappa shape index (κ1) is 18.4. The molecule has 0 aliphatic carbocycles. The van der Waals surface area contributed by atoms with Crippen molar-refractivity contribution in [1.82, 2.24) is 0 Å². The van der Waals surface area contributed by atoms with Gasteiger partial charge >= 0.3 is 11.9 Å². The van der Waals surface area contributed by atoms with Crippen LogP contribution >= 0.6 is 31.9 Å². The molecule has 0 amide bonds. The van der Waals surface area contributed by atoms with E-state index in [4.69, 9.17) is 9.47 Å². The molecular weight excluding hydrogens is 464 g/mol. The summed E-state index contributed by atoms with van der Waals surface area (Å²) in [5, 5.41) is 0. The van der Waals surface area contributed by atoms with Gasteiger partial charge in [-0.05, 0) is 80.4 Å². The van der Waals surface area contributed by atoms with Gasteiger partial charge in [0, 0.05) is 8.95 Å². The molecule has 0 unspecified atom stereocenters. The molecular formula is C20H12Br2O4. The topological polar surface area (TPSA) is 52.6 Å². The molecule has 3 rings (SSSR count). The Morgan fingerprint density at radius 1 is 0.577 bits per heavy atom. The van der Waals surface area contributed by atoms with Crippen molar-refractivity contribution < 1.29 is 19.1 Å². The summed E-state index contributed by atoms with van der Waals surface area (Å²) in [6.45, 7) is 0. The van der Waals surface area contributed by atoms with E-state index in [-0.39, 0.29) is 0 Å². The SMILES string of the molecule is O=C(Oc1ccc(OC(=O)c2ccccc2Br)cc1)c1ccccc1Br. The third kappa shape index (κ3) is 4.39. The van der Waals surface area contributed by atoms with Crippen LogP contribution in [0.2, 0.25) is 0 Å². The molecule has 0 atom stereocenters. The van der Waals surface area contributed by atoms with Crippen molar-refractivity contribution in [3.8, 4) is 11.5 Å². The Hall–Kier alpha value is -2.44. The fourth-order valence-electron chi connectivity index (χ4n) is 2.15. The summed E-state index contributed by atoms with van der Waals surface area (Å²) in [6, 6.07) is 20.3. The number of hydrogen-bond donors (Lipinski definition) is 0. The first-order chi connectivity index (χ1) is 12.5. The third-order valence-electron chi connectivity index (χ3n) is 3.43. The number of hydrogen-bond acceptors (Lipinski definition) is 4. The van der Waals surface area contributed by atoms with Gasteiger partial charge in [-0.25, -0.2) is 9.59 Å². The van der Waals surface area contributed by atoms with Crippen LogP contribution in [-0.2, 0) is 0 Å². The molecule has 0 spiro atoms. The van der Waals surface area contributed by atoms with Gasteiger partial charge in [-0.2, -0.15) is 0 Å². The zero-order chi connectivity index (χ0) is 18.5. The number of benzene rings is 3. The van der Waals surface area contributed by atoms with E-state index >= 15 is 0 Å². The number of carbonyl (C=O) groups excluding carboxylic acids is 2. The molecule has 0 aliphatic rings. The highest BCUT2D eigenvalue weighted by molar-refractivity contribution is 9.10. The summed E-state index contributed by atoms with van der Waals surface area (Å²) in [7, 11) is 0. The molecule has 130 valence electrons. The summed E-state index contributed by atoms with van der Waals surface area (Å²) in [5.74, 6) is -0.247. The van der Waals surface area contributed by atoms with Gasteiger partial charge in [-0.3, -0.25) is 0 Å². The molecule has 0 saturated carbocycles. The van der Waals surface area contributed by atoms with Crippen LogP contribution in [0.5, 0.6) is 11.5 Å². The summed E-state index contributed by atoms with van der Waals surface area (Å²) >= 11 is 6.63. The van der Waals surface area contributed by atoms with E-state index in [0.29, 0.717) is 31.6 Å². The quantitative estimate of drug-likeness (QED) is 0.361. The molecule has 0 heterocycles. The minimum Gasteiger partial charge on any atom is -0.423 e. The fourth-order valence-corrected chi connectivity index (χ4v) is 3.05. The van der Waals surface area contributed by atoms with Crippen molar-refractivity contribution in [1.29, 1.82) is 0 Å². The van der Waals surface area contributed by atoms with Crippen molar-refractivity contribution in [3.05, 3.63) is 92.9 Å². The third-order valence-corrected chi connectivity index (χ3v) is 4.82. The second-order valence-electron chi connectivity index (χ2n) is 5.21. The van der Waals surface area contributed by atoms with E-state index < -0.39 is 11.9 Å². The minimum atomic E-state index is -0.476. The van der Waals surface area contributed by atoms with E-state index in [9.17, 15) is 9.59 Å². The van der Waals surface area contributed by atoms with Crippen LogP contribution in [0.25, 0.3) is 0 Å². The normalized spacial score (nSPS) is 10.2. The maximum Gasteiger partial charge on any atom is 0.344 e. The maximum atomic E-state index is 12.2. The molecule has 0 aliphatic heterocycles. The molecule has 0 aromatic heterocycles. The molecule has 3 aromatic carbocycles.